The van der Waals surface area contributed by atoms with Crippen molar-refractivity contribution in [3.05, 3.63) is 12.3 Å². The van der Waals surface area contributed by atoms with E-state index in [2.05, 4.69) is 36.0 Å². The Labute approximate surface area is 103 Å². The first-order valence-corrected chi connectivity index (χ1v) is 14.0. The summed E-state index contributed by atoms with van der Waals surface area (Å²) in [5.74, 6) is 0. The Morgan fingerprint density at radius 1 is 1.07 bits per heavy atom. The van der Waals surface area contributed by atoms with Crippen molar-refractivity contribution in [3.63, 3.8) is 0 Å². The Bertz CT molecular complexity index is 96.5. The maximum absolute atomic E-state index is 3.93. The monoisotopic (exact) mass is 320 g/mol. The molecule has 0 aliphatic rings. The van der Waals surface area contributed by atoms with Gasteiger partial charge in [-0.3, -0.25) is 0 Å². The van der Waals surface area contributed by atoms with Crippen LogP contribution in [0.1, 0.15) is 39.5 Å². The minimum atomic E-state index is -0.484. The van der Waals surface area contributed by atoms with Crippen LogP contribution in [0, 0.1) is 0 Å². The van der Waals surface area contributed by atoms with Gasteiger partial charge in [0.2, 0.25) is 0 Å². The van der Waals surface area contributed by atoms with Crippen molar-refractivity contribution < 1.29 is 0 Å². The molecule has 84 valence electrons. The van der Waals surface area contributed by atoms with Crippen LogP contribution in [0.2, 0.25) is 22.0 Å². The summed E-state index contributed by atoms with van der Waals surface area (Å²) in [7, 11) is -0.484. The van der Waals surface area contributed by atoms with Gasteiger partial charge < -0.3 is 0 Å². The molecule has 0 aliphatic heterocycles. The molecule has 0 fully saturated rings. The molecule has 14 heavy (non-hydrogen) atoms. The first kappa shape index (κ1) is 17.2. The van der Waals surface area contributed by atoms with Crippen LogP contribution in [-0.2, 0) is 0 Å². The zero-order chi connectivity index (χ0) is 11.2. The van der Waals surface area contributed by atoms with Crippen LogP contribution in [-0.4, -0.2) is 29.9 Å². The number of hydrogen-bond acceptors (Lipinski definition) is 0. The number of unbranched alkanes of at least 4 members (excludes halogenated alkanes) is 2. The van der Waals surface area contributed by atoms with Crippen LogP contribution in [0.15, 0.2) is 12.3 Å². The van der Waals surface area contributed by atoms with Gasteiger partial charge in [0.15, 0.2) is 0 Å². The summed E-state index contributed by atoms with van der Waals surface area (Å²) < 4.78 is 0. The molecule has 2 heteroatoms. The molecule has 0 saturated carbocycles. The van der Waals surface area contributed by atoms with Crippen molar-refractivity contribution in [2.45, 2.75) is 61.5 Å². The molecule has 0 bridgehead atoms. The second-order valence-electron chi connectivity index (χ2n) is 3.78. The van der Waals surface area contributed by atoms with Crippen molar-refractivity contribution in [3.8, 4) is 0 Å². The van der Waals surface area contributed by atoms with E-state index in [1.165, 1.54) is 37.8 Å². The molecule has 0 nitrogen and oxygen atoms in total. The fraction of sp³-hybridized carbons (Fsp3) is 0.833. The third-order valence-corrected chi connectivity index (χ3v) is 5.16. The molecule has 0 aromatic rings. The molecule has 0 saturated heterocycles. The zero-order valence-electron chi connectivity index (χ0n) is 10.6. The predicted molar refractivity (Wildman–Crippen MR) is 74.3 cm³/mol. The fourth-order valence-electron chi connectivity index (χ4n) is 1.31. The van der Waals surface area contributed by atoms with Crippen molar-refractivity contribution >= 4 is 29.9 Å². The molecule has 0 aromatic heterocycles. The van der Waals surface area contributed by atoms with E-state index in [0.717, 1.165) is 0 Å². The summed E-state index contributed by atoms with van der Waals surface area (Å²) in [6, 6.07) is 2.97. The van der Waals surface area contributed by atoms with Crippen LogP contribution in [0.5, 0.6) is 0 Å². The summed E-state index contributed by atoms with van der Waals surface area (Å²) in [5, 5.41) is 0. The fourth-order valence-corrected chi connectivity index (χ4v) is 3.94. The van der Waals surface area contributed by atoms with E-state index in [-0.39, 0.29) is 21.1 Å². The van der Waals surface area contributed by atoms with Crippen molar-refractivity contribution in [1.82, 2.24) is 0 Å². The molecule has 0 heterocycles. The third-order valence-electron chi connectivity index (χ3n) is 2.19. The van der Waals surface area contributed by atoms with Crippen LogP contribution in [0.25, 0.3) is 0 Å². The molecule has 0 unspecified atom stereocenters. The van der Waals surface area contributed by atoms with Gasteiger partial charge in [-0.05, 0) is 0 Å². The van der Waals surface area contributed by atoms with Gasteiger partial charge in [0.05, 0.1) is 8.80 Å². The second kappa shape index (κ2) is 16.2. The topological polar surface area (TPSA) is 0 Å². The summed E-state index contributed by atoms with van der Waals surface area (Å²) in [4.78, 5) is 4.59. The van der Waals surface area contributed by atoms with E-state index in [0.29, 0.717) is 0 Å². The average Bonchev–Trinajstić information content (AvgIpc) is 2.20. The Hall–Kier alpha value is 0.756. The Kier molecular flexibility index (Phi) is 19.9. The van der Waals surface area contributed by atoms with E-state index in [1.54, 1.807) is 0 Å². The molecule has 0 amide bonds. The molecule has 0 atom stereocenters. The zero-order valence-corrected chi connectivity index (χ0v) is 14.6. The molecule has 0 aliphatic carbocycles. The quantitative estimate of drug-likeness (QED) is 0.613. The molecule has 0 spiro atoms. The molecular weight excluding hydrogens is 291 g/mol. The standard InChI is InChI=1S/C10H22Si.2CH3.Sn/c1-4-7-9-11(6-3)10-8-5-2;;;/h6,11H,3-5,7-10H2,1-2H3;2*1H3;. The van der Waals surface area contributed by atoms with E-state index in [1.807, 2.05) is 0 Å². The Balaban J connectivity index is 0. The SMILES string of the molecule is C=C[SiH](CCCC)CCCC.[CH3][Sn][CH3]. The average molecular weight is 319 g/mol. The first-order valence-electron chi connectivity index (χ1n) is 5.97. The summed E-state index contributed by atoms with van der Waals surface area (Å²) in [5.41, 5.74) is 2.27. The van der Waals surface area contributed by atoms with Crippen LogP contribution in [0.4, 0.5) is 0 Å². The first-order chi connectivity index (χ1) is 6.76. The Morgan fingerprint density at radius 3 is 1.64 bits per heavy atom. The van der Waals surface area contributed by atoms with Crippen LogP contribution in [0.3, 0.4) is 0 Å². The maximum atomic E-state index is 3.93. The summed E-state index contributed by atoms with van der Waals surface area (Å²) in [6.07, 6.45) is 5.55. The van der Waals surface area contributed by atoms with Gasteiger partial charge in [0.25, 0.3) is 0 Å². The minimum absolute atomic E-state index is 0.230. The van der Waals surface area contributed by atoms with Gasteiger partial charge in [0, 0.05) is 0 Å². The molecule has 0 rings (SSSR count). The van der Waals surface area contributed by atoms with Gasteiger partial charge in [-0.25, -0.2) is 0 Å². The second-order valence-corrected chi connectivity index (χ2v) is 9.78. The van der Waals surface area contributed by atoms with E-state index >= 15 is 0 Å². The third kappa shape index (κ3) is 15.2. The van der Waals surface area contributed by atoms with E-state index in [9.17, 15) is 0 Å². The van der Waals surface area contributed by atoms with E-state index in [4.69, 9.17) is 0 Å². The number of hydrogen-bond donors (Lipinski definition) is 0. The van der Waals surface area contributed by atoms with E-state index < -0.39 is 8.80 Å². The molecule has 0 N–H and O–H groups in total. The van der Waals surface area contributed by atoms with Crippen LogP contribution < -0.4 is 0 Å². The molecular formula is C12H28SiSn. The van der Waals surface area contributed by atoms with Crippen LogP contribution >= 0.6 is 0 Å². The van der Waals surface area contributed by atoms with Gasteiger partial charge in [-0.2, -0.15) is 0 Å². The molecule has 0 aromatic carbocycles. The van der Waals surface area contributed by atoms with Crippen molar-refractivity contribution in [2.75, 3.05) is 0 Å². The molecule has 2 radical (unpaired) electrons. The number of rotatable bonds is 7. The Morgan fingerprint density at radius 2 is 1.43 bits per heavy atom. The van der Waals surface area contributed by atoms with Gasteiger partial charge in [-0.15, -0.1) is 12.3 Å². The normalized spacial score (nSPS) is 9.50. The predicted octanol–water partition coefficient (Wildman–Crippen LogP) is 4.33. The van der Waals surface area contributed by atoms with Crippen molar-refractivity contribution in [1.29, 1.82) is 0 Å². The van der Waals surface area contributed by atoms with Crippen molar-refractivity contribution in [2.24, 2.45) is 0 Å². The van der Waals surface area contributed by atoms with Gasteiger partial charge in [-0.1, -0.05) is 51.6 Å². The van der Waals surface area contributed by atoms with Gasteiger partial charge >= 0.3 is 31.0 Å². The summed E-state index contributed by atoms with van der Waals surface area (Å²) in [6.45, 7) is 8.47. The summed E-state index contributed by atoms with van der Waals surface area (Å²) >= 11 is 0.230. The van der Waals surface area contributed by atoms with Gasteiger partial charge in [0.1, 0.15) is 0 Å².